The van der Waals surface area contributed by atoms with Crippen molar-refractivity contribution < 1.29 is 14.7 Å². The summed E-state index contributed by atoms with van der Waals surface area (Å²) in [6.45, 7) is 4.37. The summed E-state index contributed by atoms with van der Waals surface area (Å²) in [6.07, 6.45) is 4.02. The third-order valence-electron chi connectivity index (χ3n) is 3.20. The fraction of sp³-hybridized carbons (Fsp3) is 0.643. The van der Waals surface area contributed by atoms with E-state index in [0.717, 1.165) is 6.42 Å². The highest BCUT2D eigenvalue weighted by molar-refractivity contribution is 5.82. The summed E-state index contributed by atoms with van der Waals surface area (Å²) < 4.78 is 1.58. The summed E-state index contributed by atoms with van der Waals surface area (Å²) >= 11 is 0. The third-order valence-corrected chi connectivity index (χ3v) is 3.20. The van der Waals surface area contributed by atoms with E-state index >= 15 is 0 Å². The first kappa shape index (κ1) is 17.2. The van der Waals surface area contributed by atoms with Gasteiger partial charge in [-0.1, -0.05) is 13.8 Å². The van der Waals surface area contributed by atoms with Gasteiger partial charge in [-0.3, -0.25) is 14.3 Å². The molecule has 0 aliphatic heterocycles. The van der Waals surface area contributed by atoms with Crippen LogP contribution in [-0.4, -0.2) is 33.3 Å². The number of hydrogen-bond donors (Lipinski definition) is 3. The molecular formula is C14H24N4O3. The Bertz CT molecular complexity index is 484. The molecule has 1 rings (SSSR count). The second-order valence-electron chi connectivity index (χ2n) is 5.76. The van der Waals surface area contributed by atoms with Gasteiger partial charge in [0, 0.05) is 31.8 Å². The molecule has 1 unspecified atom stereocenters. The van der Waals surface area contributed by atoms with E-state index in [1.807, 2.05) is 13.8 Å². The minimum atomic E-state index is -0.855. The van der Waals surface area contributed by atoms with E-state index in [-0.39, 0.29) is 18.2 Å². The van der Waals surface area contributed by atoms with Crippen LogP contribution in [-0.2, 0) is 16.6 Å². The van der Waals surface area contributed by atoms with Crippen LogP contribution in [0, 0.1) is 11.8 Å². The Kier molecular flexibility index (Phi) is 6.36. The molecule has 1 heterocycles. The summed E-state index contributed by atoms with van der Waals surface area (Å²) in [7, 11) is 1.75. The predicted molar refractivity (Wildman–Crippen MR) is 78.3 cm³/mol. The fourth-order valence-electron chi connectivity index (χ4n) is 2.26. The topological polar surface area (TPSA) is 110 Å². The number of nitrogens with two attached hydrogens (primary N) is 1. The molecule has 0 saturated carbocycles. The first-order chi connectivity index (χ1) is 9.79. The zero-order chi connectivity index (χ0) is 16.0. The van der Waals surface area contributed by atoms with Crippen molar-refractivity contribution in [3.05, 3.63) is 18.0 Å². The zero-order valence-corrected chi connectivity index (χ0v) is 12.7. The van der Waals surface area contributed by atoms with Gasteiger partial charge in [-0.05, 0) is 18.3 Å². The smallest absolute Gasteiger partial charge is 0.303 e. The molecule has 0 aromatic carbocycles. The molecule has 0 bridgehead atoms. The Morgan fingerprint density at radius 1 is 1.48 bits per heavy atom. The Balaban J connectivity index is 2.53. The summed E-state index contributed by atoms with van der Waals surface area (Å²) in [5, 5.41) is 15.6. The van der Waals surface area contributed by atoms with Crippen molar-refractivity contribution in [1.82, 2.24) is 15.1 Å². The average molecular weight is 296 g/mol. The molecule has 0 radical (unpaired) electrons. The van der Waals surface area contributed by atoms with Gasteiger partial charge >= 0.3 is 5.97 Å². The quantitative estimate of drug-likeness (QED) is 0.653. The van der Waals surface area contributed by atoms with Crippen molar-refractivity contribution in [2.45, 2.75) is 32.7 Å². The number of nitrogens with one attached hydrogen (secondary N) is 1. The lowest BCUT2D eigenvalue weighted by Gasteiger charge is -2.19. The second-order valence-corrected chi connectivity index (χ2v) is 5.76. The van der Waals surface area contributed by atoms with Gasteiger partial charge in [-0.25, -0.2) is 0 Å². The van der Waals surface area contributed by atoms with Gasteiger partial charge in [-0.2, -0.15) is 5.10 Å². The minimum Gasteiger partial charge on any atom is -0.481 e. The number of amides is 1. The number of carbonyl (C=O) groups excluding carboxylic acids is 1. The molecule has 0 saturated heterocycles. The maximum atomic E-state index is 12.0. The van der Waals surface area contributed by atoms with Crippen LogP contribution in [0.5, 0.6) is 0 Å². The molecule has 21 heavy (non-hydrogen) atoms. The van der Waals surface area contributed by atoms with Gasteiger partial charge in [0.1, 0.15) is 6.04 Å². The van der Waals surface area contributed by atoms with Crippen LogP contribution in [0.2, 0.25) is 0 Å². The standard InChI is InChI=1S/C14H24N4O3/c1-9(2)4-10(5-12(19)20)6-16-14(21)13(15)11-7-17-18(3)8-11/h7-10,13H,4-6,15H2,1-3H3,(H,16,21)(H,19,20)/t10-,13?/m0/s1. The number of nitrogens with zero attached hydrogens (tertiary/aromatic N) is 2. The summed E-state index contributed by atoms with van der Waals surface area (Å²) in [4.78, 5) is 22.9. The number of carboxylic acids is 1. The van der Waals surface area contributed by atoms with Gasteiger partial charge < -0.3 is 16.2 Å². The first-order valence-electron chi connectivity index (χ1n) is 7.03. The van der Waals surface area contributed by atoms with E-state index in [0.29, 0.717) is 18.0 Å². The van der Waals surface area contributed by atoms with Crippen LogP contribution in [0.3, 0.4) is 0 Å². The maximum Gasteiger partial charge on any atom is 0.303 e. The lowest BCUT2D eigenvalue weighted by atomic mass is 9.94. The first-order valence-corrected chi connectivity index (χ1v) is 7.03. The Morgan fingerprint density at radius 2 is 2.14 bits per heavy atom. The highest BCUT2D eigenvalue weighted by Gasteiger charge is 2.20. The third kappa shape index (κ3) is 5.95. The van der Waals surface area contributed by atoms with E-state index in [9.17, 15) is 9.59 Å². The molecule has 118 valence electrons. The fourth-order valence-corrected chi connectivity index (χ4v) is 2.26. The molecule has 4 N–H and O–H groups in total. The van der Waals surface area contributed by atoms with E-state index in [1.165, 1.54) is 0 Å². The van der Waals surface area contributed by atoms with E-state index < -0.39 is 12.0 Å². The number of aliphatic carboxylic acids is 1. The van der Waals surface area contributed by atoms with Gasteiger partial charge in [0.2, 0.25) is 5.91 Å². The molecule has 7 nitrogen and oxygen atoms in total. The SMILES string of the molecule is CC(C)C[C@H](CNC(=O)C(N)c1cnn(C)c1)CC(=O)O. The van der Waals surface area contributed by atoms with Crippen LogP contribution in [0.1, 0.15) is 38.3 Å². The Morgan fingerprint density at radius 3 is 2.62 bits per heavy atom. The molecule has 0 aliphatic carbocycles. The summed E-state index contributed by atoms with van der Waals surface area (Å²) in [5.74, 6) is -0.889. The largest absolute Gasteiger partial charge is 0.481 e. The van der Waals surface area contributed by atoms with E-state index in [4.69, 9.17) is 10.8 Å². The normalized spacial score (nSPS) is 14.0. The second kappa shape index (κ2) is 7.78. The number of aromatic nitrogens is 2. The number of carboxylic acid groups (broad SMARTS) is 1. The minimum absolute atomic E-state index is 0.0423. The van der Waals surface area contributed by atoms with Crippen LogP contribution in [0.4, 0.5) is 0 Å². The summed E-state index contributed by atoms with van der Waals surface area (Å²) in [5.41, 5.74) is 6.49. The predicted octanol–water partition coefficient (Wildman–Crippen LogP) is 0.673. The van der Waals surface area contributed by atoms with Gasteiger partial charge in [0.05, 0.1) is 6.20 Å². The molecule has 0 spiro atoms. The lowest BCUT2D eigenvalue weighted by molar-refractivity contribution is -0.138. The van der Waals surface area contributed by atoms with Crippen LogP contribution in [0.15, 0.2) is 12.4 Å². The lowest BCUT2D eigenvalue weighted by Crippen LogP contribution is -2.37. The highest BCUT2D eigenvalue weighted by atomic mass is 16.4. The molecule has 0 fully saturated rings. The van der Waals surface area contributed by atoms with Crippen LogP contribution >= 0.6 is 0 Å². The van der Waals surface area contributed by atoms with E-state index in [1.54, 1.807) is 24.1 Å². The Labute approximate surface area is 124 Å². The summed E-state index contributed by atoms with van der Waals surface area (Å²) in [6, 6.07) is -0.789. The van der Waals surface area contributed by atoms with Crippen LogP contribution < -0.4 is 11.1 Å². The van der Waals surface area contributed by atoms with Crippen molar-refractivity contribution in [1.29, 1.82) is 0 Å². The molecule has 1 amide bonds. The van der Waals surface area contributed by atoms with Crippen LogP contribution in [0.25, 0.3) is 0 Å². The van der Waals surface area contributed by atoms with E-state index in [2.05, 4.69) is 10.4 Å². The van der Waals surface area contributed by atoms with Gasteiger partial charge in [0.15, 0.2) is 0 Å². The number of hydrogen-bond acceptors (Lipinski definition) is 4. The highest BCUT2D eigenvalue weighted by Crippen LogP contribution is 2.15. The zero-order valence-electron chi connectivity index (χ0n) is 12.7. The molecule has 2 atom stereocenters. The van der Waals surface area contributed by atoms with Crippen molar-refractivity contribution in [3.8, 4) is 0 Å². The average Bonchev–Trinajstić information content (AvgIpc) is 2.80. The van der Waals surface area contributed by atoms with Crippen molar-refractivity contribution in [2.75, 3.05) is 6.54 Å². The number of carbonyl (C=O) groups is 2. The monoisotopic (exact) mass is 296 g/mol. The van der Waals surface area contributed by atoms with Gasteiger partial charge in [-0.15, -0.1) is 0 Å². The molecular weight excluding hydrogens is 272 g/mol. The molecule has 1 aromatic heterocycles. The molecule has 0 aliphatic rings. The molecule has 7 heteroatoms. The van der Waals surface area contributed by atoms with Crippen molar-refractivity contribution in [3.63, 3.8) is 0 Å². The number of rotatable bonds is 8. The Hall–Kier alpha value is -1.89. The van der Waals surface area contributed by atoms with Gasteiger partial charge in [0.25, 0.3) is 0 Å². The van der Waals surface area contributed by atoms with Crippen molar-refractivity contribution >= 4 is 11.9 Å². The molecule has 1 aromatic rings. The van der Waals surface area contributed by atoms with Crippen molar-refractivity contribution in [2.24, 2.45) is 24.6 Å². The maximum absolute atomic E-state index is 12.0. The number of aryl methyl sites for hydroxylation is 1.